The summed E-state index contributed by atoms with van der Waals surface area (Å²) in [7, 11) is 0. The van der Waals surface area contributed by atoms with Crippen LogP contribution in [0.1, 0.15) is 57.7 Å². The number of benzene rings is 4. The maximum atomic E-state index is 14.2. The number of hydrogen-bond donors (Lipinski definition) is 3. The normalized spacial score (nSPS) is 14.4. The lowest BCUT2D eigenvalue weighted by Gasteiger charge is -2.45. The van der Waals surface area contributed by atoms with Crippen molar-refractivity contribution in [2.24, 2.45) is 11.7 Å². The Hall–Kier alpha value is -4.07. The third-order valence-corrected chi connectivity index (χ3v) is 9.22. The fourth-order valence-corrected chi connectivity index (χ4v) is 6.52. The Balaban J connectivity index is 1.95. The van der Waals surface area contributed by atoms with Crippen molar-refractivity contribution in [3.63, 3.8) is 0 Å². The zero-order valence-corrected chi connectivity index (χ0v) is 28.4. The molecule has 0 aliphatic heterocycles. The minimum atomic E-state index is -0.850. The maximum absolute atomic E-state index is 14.2. The molecule has 3 N–H and O–H groups in total. The number of thiol groups is 1. The average molecular weight is 638 g/mol. The van der Waals surface area contributed by atoms with E-state index in [0.717, 1.165) is 23.1 Å². The number of nitrogens with zero attached hydrogens (tertiary/aromatic N) is 1. The molecule has 4 aromatic carbocycles. The van der Waals surface area contributed by atoms with Crippen molar-refractivity contribution < 1.29 is 14.3 Å². The van der Waals surface area contributed by atoms with Gasteiger partial charge < -0.3 is 20.7 Å². The van der Waals surface area contributed by atoms with Gasteiger partial charge in [0.05, 0.1) is 17.5 Å². The summed E-state index contributed by atoms with van der Waals surface area (Å²) in [5.41, 5.74) is 8.68. The molecule has 0 radical (unpaired) electrons. The summed E-state index contributed by atoms with van der Waals surface area (Å²) >= 11 is 5.45. The molecule has 0 saturated heterocycles. The van der Waals surface area contributed by atoms with Gasteiger partial charge in [0.15, 0.2) is 0 Å². The molecule has 0 aliphatic rings. The second-order valence-electron chi connectivity index (χ2n) is 12.8. The monoisotopic (exact) mass is 637 g/mol. The molecule has 0 saturated carbocycles. The van der Waals surface area contributed by atoms with Crippen LogP contribution in [0.3, 0.4) is 0 Å². The molecule has 0 fully saturated rings. The van der Waals surface area contributed by atoms with Gasteiger partial charge in [0, 0.05) is 17.5 Å². The molecule has 4 aromatic rings. The molecule has 0 bridgehead atoms. The summed E-state index contributed by atoms with van der Waals surface area (Å²) in [5, 5.41) is 2.56. The highest BCUT2D eigenvalue weighted by atomic mass is 32.1. The van der Waals surface area contributed by atoms with Gasteiger partial charge in [-0.05, 0) is 55.5 Å². The highest BCUT2D eigenvalue weighted by molar-refractivity contribution is 7.81. The third kappa shape index (κ3) is 8.01. The Morgan fingerprint density at radius 1 is 0.783 bits per heavy atom. The van der Waals surface area contributed by atoms with Crippen LogP contribution in [0, 0.1) is 5.92 Å². The number of amides is 2. The van der Waals surface area contributed by atoms with Crippen molar-refractivity contribution in [3.8, 4) is 0 Å². The van der Waals surface area contributed by atoms with Crippen LogP contribution in [0.5, 0.6) is 0 Å². The molecule has 1 unspecified atom stereocenters. The minimum Gasteiger partial charge on any atom is -0.444 e. The van der Waals surface area contributed by atoms with Crippen molar-refractivity contribution in [1.29, 1.82) is 0 Å². The van der Waals surface area contributed by atoms with E-state index in [2.05, 4.69) is 41.7 Å². The van der Waals surface area contributed by atoms with Crippen molar-refractivity contribution >= 4 is 30.3 Å². The van der Waals surface area contributed by atoms with Gasteiger partial charge in [-0.15, -0.1) is 0 Å². The summed E-state index contributed by atoms with van der Waals surface area (Å²) < 4.78 is 5.79. The molecule has 7 heteroatoms. The van der Waals surface area contributed by atoms with Gasteiger partial charge in [0.25, 0.3) is 0 Å². The molecule has 0 heterocycles. The minimum absolute atomic E-state index is 0.0418. The van der Waals surface area contributed by atoms with Crippen LogP contribution in [-0.4, -0.2) is 41.5 Å². The van der Waals surface area contributed by atoms with E-state index in [9.17, 15) is 9.59 Å². The zero-order valence-electron chi connectivity index (χ0n) is 27.5. The highest BCUT2D eigenvalue weighted by Gasteiger charge is 2.47. The van der Waals surface area contributed by atoms with Crippen molar-refractivity contribution in [3.05, 3.63) is 138 Å². The first kappa shape index (κ1) is 34.8. The first-order valence-electron chi connectivity index (χ1n) is 15.9. The maximum Gasteiger partial charge on any atom is 0.407 e. The predicted octanol–water partition coefficient (Wildman–Crippen LogP) is 7.62. The van der Waals surface area contributed by atoms with Gasteiger partial charge >= 0.3 is 6.09 Å². The van der Waals surface area contributed by atoms with Crippen LogP contribution in [0.4, 0.5) is 10.5 Å². The molecule has 46 heavy (non-hydrogen) atoms. The Bertz CT molecular complexity index is 1430. The van der Waals surface area contributed by atoms with E-state index in [0.29, 0.717) is 5.69 Å². The second kappa shape index (κ2) is 15.5. The summed E-state index contributed by atoms with van der Waals surface area (Å²) in [6.45, 7) is 9.59. The average Bonchev–Trinajstić information content (AvgIpc) is 3.07. The van der Waals surface area contributed by atoms with E-state index in [-0.39, 0.29) is 18.4 Å². The molecule has 0 aliphatic carbocycles. The molecule has 2 amide bonds. The molecular weight excluding hydrogens is 591 g/mol. The van der Waals surface area contributed by atoms with Gasteiger partial charge in [-0.2, -0.15) is 12.6 Å². The lowest BCUT2D eigenvalue weighted by Crippen LogP contribution is -2.59. The van der Waals surface area contributed by atoms with E-state index >= 15 is 0 Å². The molecule has 6 nitrogen and oxygen atoms in total. The van der Waals surface area contributed by atoms with Crippen LogP contribution >= 0.6 is 12.6 Å². The molecule has 4 rings (SSSR count). The summed E-state index contributed by atoms with van der Waals surface area (Å²) in [4.78, 5) is 29.5. The molecule has 0 spiro atoms. The predicted molar refractivity (Wildman–Crippen MR) is 191 cm³/mol. The van der Waals surface area contributed by atoms with Gasteiger partial charge in [-0.25, -0.2) is 4.79 Å². The first-order valence-corrected chi connectivity index (χ1v) is 16.5. The highest BCUT2D eigenvalue weighted by Crippen LogP contribution is 2.46. The molecule has 0 aromatic heterocycles. The lowest BCUT2D eigenvalue weighted by molar-refractivity contribution is -0.121. The van der Waals surface area contributed by atoms with Crippen molar-refractivity contribution in [2.75, 3.05) is 11.4 Å². The van der Waals surface area contributed by atoms with Crippen molar-refractivity contribution in [2.45, 2.75) is 69.4 Å². The number of nitrogens with two attached hydrogens (primary N) is 1. The SMILES string of the molecule is CC[C@H](C)[C@H](N)C(=O)N(C[C@@H](NC(=O)OC(C)(C)C)C(S)C(c1ccccc1)(c1ccccc1)c1ccccc1)c1ccccc1. The number of para-hydroxylation sites is 1. The van der Waals surface area contributed by atoms with Crippen LogP contribution in [0.15, 0.2) is 121 Å². The largest absolute Gasteiger partial charge is 0.444 e. The number of hydrogen-bond acceptors (Lipinski definition) is 5. The Morgan fingerprint density at radius 3 is 1.59 bits per heavy atom. The second-order valence-corrected chi connectivity index (χ2v) is 13.4. The topological polar surface area (TPSA) is 84.7 Å². The number of anilines is 1. The summed E-state index contributed by atoms with van der Waals surface area (Å²) in [5.74, 6) is -0.262. The number of ether oxygens (including phenoxy) is 1. The lowest BCUT2D eigenvalue weighted by atomic mass is 9.65. The zero-order chi connectivity index (χ0) is 33.3. The van der Waals surface area contributed by atoms with E-state index in [1.807, 2.05) is 120 Å². The van der Waals surface area contributed by atoms with Crippen LogP contribution in [-0.2, 0) is 14.9 Å². The number of alkyl carbamates (subject to hydrolysis) is 1. The number of nitrogens with one attached hydrogen (secondary N) is 1. The standard InChI is InChI=1S/C39H47N3O3S/c1-6-28(2)34(40)36(43)42(32-25-17-10-18-26-32)27-33(41-37(44)45-38(3,4)5)35(46)39(29-19-11-7-12-20-29,30-21-13-8-14-22-30)31-23-15-9-16-24-31/h7-26,28,33-35,46H,6,27,40H2,1-5H3,(H,41,44)/t28-,33+,34-,35?/m0/s1. The Labute approximate surface area is 279 Å². The van der Waals surface area contributed by atoms with Crippen LogP contribution in [0.25, 0.3) is 0 Å². The third-order valence-electron chi connectivity index (χ3n) is 8.47. The number of rotatable bonds is 12. The molecular formula is C39H47N3O3S. The molecule has 4 atom stereocenters. The van der Waals surface area contributed by atoms with E-state index in [4.69, 9.17) is 23.1 Å². The first-order chi connectivity index (χ1) is 22.0. The van der Waals surface area contributed by atoms with Gasteiger partial charge in [-0.3, -0.25) is 4.79 Å². The van der Waals surface area contributed by atoms with E-state index < -0.39 is 34.4 Å². The van der Waals surface area contributed by atoms with Gasteiger partial charge in [0.2, 0.25) is 5.91 Å². The van der Waals surface area contributed by atoms with Gasteiger partial charge in [-0.1, -0.05) is 129 Å². The van der Waals surface area contributed by atoms with E-state index in [1.54, 1.807) is 4.90 Å². The Kier molecular flexibility index (Phi) is 11.7. The smallest absolute Gasteiger partial charge is 0.407 e. The summed E-state index contributed by atoms with van der Waals surface area (Å²) in [6, 6.07) is 38.6. The number of carbonyl (C=O) groups excluding carboxylic acids is 2. The Morgan fingerprint density at radius 2 is 1.20 bits per heavy atom. The molecule has 242 valence electrons. The fourth-order valence-electron chi connectivity index (χ4n) is 5.91. The van der Waals surface area contributed by atoms with Gasteiger partial charge in [0.1, 0.15) is 5.60 Å². The van der Waals surface area contributed by atoms with Crippen LogP contribution < -0.4 is 16.0 Å². The van der Waals surface area contributed by atoms with E-state index in [1.165, 1.54) is 0 Å². The van der Waals surface area contributed by atoms with Crippen LogP contribution in [0.2, 0.25) is 0 Å². The fraction of sp³-hybridized carbons (Fsp3) is 0.333. The number of carbonyl (C=O) groups is 2. The quantitative estimate of drug-likeness (QED) is 0.110. The summed E-state index contributed by atoms with van der Waals surface area (Å²) in [6.07, 6.45) is 0.162. The van der Waals surface area contributed by atoms with Crippen molar-refractivity contribution in [1.82, 2.24) is 5.32 Å².